The number of aldehydes is 1. The third-order valence-corrected chi connectivity index (χ3v) is 4.77. The highest BCUT2D eigenvalue weighted by Crippen LogP contribution is 2.35. The van der Waals surface area contributed by atoms with Crippen molar-refractivity contribution in [2.45, 2.75) is 12.5 Å². The van der Waals surface area contributed by atoms with E-state index < -0.39 is 11.9 Å². The number of nitrogens with one attached hydrogen (secondary N) is 1. The molecule has 7 nitrogen and oxygen atoms in total. The van der Waals surface area contributed by atoms with E-state index in [1.54, 1.807) is 24.3 Å². The number of nitrogens with zero attached hydrogens (tertiary/aromatic N) is 1. The maximum absolute atomic E-state index is 12.8. The Morgan fingerprint density at radius 1 is 1.23 bits per heavy atom. The minimum absolute atomic E-state index is 0.0194. The van der Waals surface area contributed by atoms with E-state index in [1.165, 1.54) is 24.3 Å². The standard InChI is InChI=1S/C22H17ClN2O5/c23-19-9-20(28)18(21-6-5-16(12-27)30-21)8-17(19)22(29)25-15(11-26)7-13-1-3-14(10-24)4-2-13/h1-6,8-9,12,15,26,28H,7,11H2,(H,25,29)/t15-/m1/s1. The van der Waals surface area contributed by atoms with Crippen LogP contribution in [0.1, 0.15) is 32.0 Å². The van der Waals surface area contributed by atoms with Gasteiger partial charge in [0.2, 0.25) is 0 Å². The van der Waals surface area contributed by atoms with Crippen molar-refractivity contribution >= 4 is 23.8 Å². The minimum atomic E-state index is -0.593. The first kappa shape index (κ1) is 21.1. The lowest BCUT2D eigenvalue weighted by molar-refractivity contribution is 0.0916. The van der Waals surface area contributed by atoms with Gasteiger partial charge in [0.05, 0.1) is 40.4 Å². The maximum atomic E-state index is 12.8. The van der Waals surface area contributed by atoms with E-state index in [0.717, 1.165) is 5.56 Å². The Labute approximate surface area is 177 Å². The van der Waals surface area contributed by atoms with Gasteiger partial charge < -0.3 is 19.9 Å². The predicted octanol–water partition coefficient (Wildman–Crippen LogP) is 3.32. The zero-order valence-corrected chi connectivity index (χ0v) is 16.4. The molecule has 0 fully saturated rings. The van der Waals surface area contributed by atoms with Gasteiger partial charge in [0, 0.05) is 6.07 Å². The molecule has 0 bridgehead atoms. The number of benzene rings is 2. The highest BCUT2D eigenvalue weighted by molar-refractivity contribution is 6.34. The Bertz CT molecular complexity index is 1120. The first-order valence-corrected chi connectivity index (χ1v) is 9.31. The lowest BCUT2D eigenvalue weighted by Gasteiger charge is -2.17. The number of halogens is 1. The molecule has 0 saturated heterocycles. The van der Waals surface area contributed by atoms with Crippen LogP contribution >= 0.6 is 11.6 Å². The van der Waals surface area contributed by atoms with E-state index in [4.69, 9.17) is 21.3 Å². The van der Waals surface area contributed by atoms with Crippen LogP contribution in [-0.2, 0) is 6.42 Å². The first-order chi connectivity index (χ1) is 14.4. The predicted molar refractivity (Wildman–Crippen MR) is 109 cm³/mol. The second-order valence-electron chi connectivity index (χ2n) is 6.53. The molecule has 30 heavy (non-hydrogen) atoms. The van der Waals surface area contributed by atoms with Gasteiger partial charge in [0.15, 0.2) is 12.0 Å². The summed E-state index contributed by atoms with van der Waals surface area (Å²) < 4.78 is 5.31. The van der Waals surface area contributed by atoms with Crippen LogP contribution in [0.5, 0.6) is 5.75 Å². The SMILES string of the molecule is N#Cc1ccc(C[C@H](CO)NC(=O)c2cc(-c3ccc(C=O)o3)c(O)cc2Cl)cc1. The van der Waals surface area contributed by atoms with Crippen LogP contribution in [0, 0.1) is 11.3 Å². The van der Waals surface area contributed by atoms with Crippen LogP contribution in [-0.4, -0.2) is 35.1 Å². The molecule has 152 valence electrons. The van der Waals surface area contributed by atoms with Crippen molar-refractivity contribution in [3.8, 4) is 23.1 Å². The Kier molecular flexibility index (Phi) is 6.52. The fourth-order valence-corrected chi connectivity index (χ4v) is 3.16. The van der Waals surface area contributed by atoms with Crippen LogP contribution in [0.15, 0.2) is 52.9 Å². The van der Waals surface area contributed by atoms with Gasteiger partial charge in [-0.15, -0.1) is 0 Å². The van der Waals surface area contributed by atoms with Crippen molar-refractivity contribution in [3.63, 3.8) is 0 Å². The zero-order valence-electron chi connectivity index (χ0n) is 15.6. The summed E-state index contributed by atoms with van der Waals surface area (Å²) in [5, 5.41) is 31.4. The Balaban J connectivity index is 1.81. The van der Waals surface area contributed by atoms with Gasteiger partial charge >= 0.3 is 0 Å². The minimum Gasteiger partial charge on any atom is -0.507 e. The second kappa shape index (κ2) is 9.27. The third-order valence-electron chi connectivity index (χ3n) is 4.46. The number of phenolic OH excluding ortho intramolecular Hbond substituents is 1. The lowest BCUT2D eigenvalue weighted by atomic mass is 10.0. The molecule has 3 rings (SSSR count). The van der Waals surface area contributed by atoms with Gasteiger partial charge in [-0.1, -0.05) is 23.7 Å². The molecular weight excluding hydrogens is 408 g/mol. The molecule has 1 atom stereocenters. The molecular formula is C22H17ClN2O5. The summed E-state index contributed by atoms with van der Waals surface area (Å²) in [4.78, 5) is 23.6. The zero-order chi connectivity index (χ0) is 21.7. The van der Waals surface area contributed by atoms with Gasteiger partial charge in [-0.05, 0) is 42.3 Å². The molecule has 0 unspecified atom stereocenters. The molecule has 1 heterocycles. The second-order valence-corrected chi connectivity index (χ2v) is 6.94. The number of furan rings is 1. The molecule has 0 saturated carbocycles. The number of carbonyl (C=O) groups is 2. The third kappa shape index (κ3) is 4.69. The number of carbonyl (C=O) groups excluding carboxylic acids is 2. The van der Waals surface area contributed by atoms with Crippen LogP contribution in [0.25, 0.3) is 11.3 Å². The average molecular weight is 425 g/mol. The maximum Gasteiger partial charge on any atom is 0.253 e. The van der Waals surface area contributed by atoms with Gasteiger partial charge in [0.25, 0.3) is 5.91 Å². The Morgan fingerprint density at radius 2 is 1.97 bits per heavy atom. The number of phenols is 1. The molecule has 1 amide bonds. The van der Waals surface area contributed by atoms with Crippen molar-refractivity contribution in [2.75, 3.05) is 6.61 Å². The molecule has 8 heteroatoms. The number of rotatable bonds is 7. The van der Waals surface area contributed by atoms with Gasteiger partial charge in [-0.25, -0.2) is 0 Å². The van der Waals surface area contributed by atoms with E-state index in [9.17, 15) is 19.8 Å². The summed E-state index contributed by atoms with van der Waals surface area (Å²) in [6, 6.07) is 13.8. The van der Waals surface area contributed by atoms with E-state index >= 15 is 0 Å². The van der Waals surface area contributed by atoms with Crippen molar-refractivity contribution in [1.29, 1.82) is 5.26 Å². The van der Waals surface area contributed by atoms with Gasteiger partial charge in [0.1, 0.15) is 11.5 Å². The van der Waals surface area contributed by atoms with Crippen LogP contribution in [0.3, 0.4) is 0 Å². The van der Waals surface area contributed by atoms with E-state index in [-0.39, 0.29) is 40.0 Å². The summed E-state index contributed by atoms with van der Waals surface area (Å²) in [6.07, 6.45) is 0.872. The molecule has 3 aromatic rings. The van der Waals surface area contributed by atoms with Gasteiger partial charge in [-0.3, -0.25) is 9.59 Å². The molecule has 0 aliphatic rings. The summed E-state index contributed by atoms with van der Waals surface area (Å²) in [5.41, 5.74) is 1.63. The molecule has 0 radical (unpaired) electrons. The number of aliphatic hydroxyl groups is 1. The van der Waals surface area contributed by atoms with E-state index in [0.29, 0.717) is 18.3 Å². The molecule has 0 spiro atoms. The monoisotopic (exact) mass is 424 g/mol. The van der Waals surface area contributed by atoms with Crippen LogP contribution < -0.4 is 5.32 Å². The lowest BCUT2D eigenvalue weighted by Crippen LogP contribution is -2.39. The summed E-state index contributed by atoms with van der Waals surface area (Å²) in [6.45, 7) is -0.310. The number of hydrogen-bond donors (Lipinski definition) is 3. The number of nitriles is 1. The number of amides is 1. The quantitative estimate of drug-likeness (QED) is 0.500. The average Bonchev–Trinajstić information content (AvgIpc) is 3.22. The summed E-state index contributed by atoms with van der Waals surface area (Å²) in [5.74, 6) is -0.472. The van der Waals surface area contributed by atoms with E-state index in [1.807, 2.05) is 6.07 Å². The molecule has 3 N–H and O–H groups in total. The largest absolute Gasteiger partial charge is 0.507 e. The van der Waals surface area contributed by atoms with Crippen molar-refractivity contribution < 1.29 is 24.2 Å². The molecule has 0 aliphatic heterocycles. The Morgan fingerprint density at radius 3 is 2.57 bits per heavy atom. The van der Waals surface area contributed by atoms with Crippen molar-refractivity contribution in [1.82, 2.24) is 5.32 Å². The van der Waals surface area contributed by atoms with E-state index in [2.05, 4.69) is 5.32 Å². The van der Waals surface area contributed by atoms with Crippen LogP contribution in [0.4, 0.5) is 0 Å². The van der Waals surface area contributed by atoms with Crippen LogP contribution in [0.2, 0.25) is 5.02 Å². The number of aliphatic hydroxyl groups excluding tert-OH is 1. The van der Waals surface area contributed by atoms with Crippen molar-refractivity contribution in [3.05, 3.63) is 76.0 Å². The van der Waals surface area contributed by atoms with Gasteiger partial charge in [-0.2, -0.15) is 5.26 Å². The topological polar surface area (TPSA) is 124 Å². The highest BCUT2D eigenvalue weighted by atomic mass is 35.5. The Hall–Kier alpha value is -3.60. The molecule has 1 aromatic heterocycles. The molecule has 2 aromatic carbocycles. The number of aromatic hydroxyl groups is 1. The molecule has 0 aliphatic carbocycles. The summed E-state index contributed by atoms with van der Waals surface area (Å²) >= 11 is 6.14. The first-order valence-electron chi connectivity index (χ1n) is 8.93. The number of hydrogen-bond acceptors (Lipinski definition) is 6. The normalized spacial score (nSPS) is 11.5. The highest BCUT2D eigenvalue weighted by Gasteiger charge is 2.20. The smallest absolute Gasteiger partial charge is 0.253 e. The fourth-order valence-electron chi connectivity index (χ4n) is 2.92. The fraction of sp³-hybridized carbons (Fsp3) is 0.136. The van der Waals surface area contributed by atoms with Crippen molar-refractivity contribution in [2.24, 2.45) is 0 Å². The summed E-state index contributed by atoms with van der Waals surface area (Å²) in [7, 11) is 0.